The summed E-state index contributed by atoms with van der Waals surface area (Å²) in [6, 6.07) is 14.4. The standard InChI is InChI=1S/C21H18N2O4S/c1-27-13-6-4-5-12(11-13)22-21(26)19(25)14-9-10-16-20(18(14)24)28-17-8-3-2-7-15(17)23-16/h2-8,11,14,23H,9-10H2,1H3,(H,22,26). The second-order valence-corrected chi connectivity index (χ2v) is 7.59. The van der Waals surface area contributed by atoms with Gasteiger partial charge in [0.25, 0.3) is 5.91 Å². The minimum absolute atomic E-state index is 0.293. The summed E-state index contributed by atoms with van der Waals surface area (Å²) in [5.74, 6) is -2.18. The van der Waals surface area contributed by atoms with Crippen LogP contribution in [-0.2, 0) is 14.4 Å². The van der Waals surface area contributed by atoms with Crippen LogP contribution in [0.5, 0.6) is 5.75 Å². The Morgan fingerprint density at radius 1 is 1.18 bits per heavy atom. The van der Waals surface area contributed by atoms with Gasteiger partial charge in [-0.05, 0) is 37.1 Å². The zero-order valence-electron chi connectivity index (χ0n) is 15.2. The largest absolute Gasteiger partial charge is 0.497 e. The fraction of sp³-hybridized carbons (Fsp3) is 0.190. The molecule has 1 aliphatic carbocycles. The maximum absolute atomic E-state index is 12.9. The van der Waals surface area contributed by atoms with E-state index in [0.29, 0.717) is 29.2 Å². The van der Waals surface area contributed by atoms with Gasteiger partial charge in [0.2, 0.25) is 5.78 Å². The lowest BCUT2D eigenvalue weighted by Crippen LogP contribution is -2.37. The monoisotopic (exact) mass is 394 g/mol. The molecule has 1 amide bonds. The molecular formula is C21H18N2O4S. The van der Waals surface area contributed by atoms with Gasteiger partial charge in [0, 0.05) is 22.3 Å². The van der Waals surface area contributed by atoms with Gasteiger partial charge < -0.3 is 15.4 Å². The number of ketones is 2. The normalized spacial score (nSPS) is 17.9. The first kappa shape index (κ1) is 18.3. The summed E-state index contributed by atoms with van der Waals surface area (Å²) >= 11 is 1.36. The number of rotatable bonds is 4. The van der Waals surface area contributed by atoms with Crippen molar-refractivity contribution in [2.45, 2.75) is 17.7 Å². The van der Waals surface area contributed by atoms with Crippen LogP contribution in [0.3, 0.4) is 0 Å². The van der Waals surface area contributed by atoms with Crippen molar-refractivity contribution >= 4 is 40.6 Å². The summed E-state index contributed by atoms with van der Waals surface area (Å²) in [6.07, 6.45) is 0.864. The van der Waals surface area contributed by atoms with Crippen LogP contribution in [0.25, 0.3) is 0 Å². The third-order valence-corrected chi connectivity index (χ3v) is 5.98. The molecule has 2 N–H and O–H groups in total. The molecule has 0 bridgehead atoms. The maximum Gasteiger partial charge on any atom is 0.292 e. The van der Waals surface area contributed by atoms with Crippen molar-refractivity contribution in [3.05, 3.63) is 59.1 Å². The highest BCUT2D eigenvalue weighted by atomic mass is 32.2. The molecule has 0 aromatic heterocycles. The minimum Gasteiger partial charge on any atom is -0.497 e. The number of carbonyl (C=O) groups excluding carboxylic acids is 3. The minimum atomic E-state index is -0.955. The molecule has 0 saturated carbocycles. The molecule has 0 spiro atoms. The maximum atomic E-state index is 12.9. The van der Waals surface area contributed by atoms with Crippen LogP contribution < -0.4 is 15.4 Å². The average Bonchev–Trinajstić information content (AvgIpc) is 2.72. The summed E-state index contributed by atoms with van der Waals surface area (Å²) in [7, 11) is 1.52. The van der Waals surface area contributed by atoms with E-state index in [1.54, 1.807) is 24.3 Å². The van der Waals surface area contributed by atoms with Crippen LogP contribution >= 0.6 is 11.8 Å². The zero-order chi connectivity index (χ0) is 19.7. The van der Waals surface area contributed by atoms with Crippen molar-refractivity contribution in [1.82, 2.24) is 0 Å². The number of thioether (sulfide) groups is 1. The molecule has 2 aliphatic rings. The summed E-state index contributed by atoms with van der Waals surface area (Å²) in [5, 5.41) is 5.85. The van der Waals surface area contributed by atoms with Gasteiger partial charge in [-0.25, -0.2) is 0 Å². The molecule has 28 heavy (non-hydrogen) atoms. The SMILES string of the molecule is COc1cccc(NC(=O)C(=O)C2CCC3=C(Sc4ccccc4N3)C2=O)c1. The predicted octanol–water partition coefficient (Wildman–Crippen LogP) is 3.61. The molecule has 0 saturated heterocycles. The molecule has 7 heteroatoms. The van der Waals surface area contributed by atoms with Gasteiger partial charge in [0.15, 0.2) is 5.78 Å². The number of ether oxygens (including phenoxy) is 1. The highest BCUT2D eigenvalue weighted by Crippen LogP contribution is 2.44. The topological polar surface area (TPSA) is 84.5 Å². The third kappa shape index (κ3) is 3.41. The zero-order valence-corrected chi connectivity index (χ0v) is 16.0. The van der Waals surface area contributed by atoms with E-state index >= 15 is 0 Å². The molecule has 2 aromatic rings. The lowest BCUT2D eigenvalue weighted by atomic mass is 9.87. The Balaban J connectivity index is 1.49. The van der Waals surface area contributed by atoms with Gasteiger partial charge in [-0.1, -0.05) is 30.0 Å². The first-order valence-electron chi connectivity index (χ1n) is 8.87. The number of Topliss-reactive ketones (excluding diaryl/α,β-unsaturated/α-hetero) is 2. The van der Waals surface area contributed by atoms with Crippen LogP contribution in [0.15, 0.2) is 64.0 Å². The number of benzene rings is 2. The summed E-state index contributed by atoms with van der Waals surface area (Å²) in [5.41, 5.74) is 2.23. The summed E-state index contributed by atoms with van der Waals surface area (Å²) < 4.78 is 5.11. The lowest BCUT2D eigenvalue weighted by molar-refractivity contribution is -0.140. The Labute approximate surface area is 166 Å². The van der Waals surface area contributed by atoms with E-state index in [2.05, 4.69) is 10.6 Å². The summed E-state index contributed by atoms with van der Waals surface area (Å²) in [6.45, 7) is 0. The van der Waals surface area contributed by atoms with Crippen molar-refractivity contribution in [2.24, 2.45) is 5.92 Å². The third-order valence-electron chi connectivity index (χ3n) is 4.75. The molecule has 1 atom stereocenters. The van der Waals surface area contributed by atoms with Gasteiger partial charge >= 0.3 is 0 Å². The number of carbonyl (C=O) groups is 3. The van der Waals surface area contributed by atoms with Crippen molar-refractivity contribution in [2.75, 3.05) is 17.7 Å². The van der Waals surface area contributed by atoms with Crippen molar-refractivity contribution in [3.63, 3.8) is 0 Å². The van der Waals surface area contributed by atoms with Crippen molar-refractivity contribution < 1.29 is 19.1 Å². The van der Waals surface area contributed by atoms with Gasteiger partial charge in [-0.3, -0.25) is 14.4 Å². The fourth-order valence-electron chi connectivity index (χ4n) is 3.30. The van der Waals surface area contributed by atoms with E-state index in [9.17, 15) is 14.4 Å². The fourth-order valence-corrected chi connectivity index (χ4v) is 4.42. The number of hydrogen-bond acceptors (Lipinski definition) is 6. The number of fused-ring (bicyclic) bond motifs is 1. The van der Waals surface area contributed by atoms with E-state index in [1.165, 1.54) is 18.9 Å². The van der Waals surface area contributed by atoms with Crippen LogP contribution in [-0.4, -0.2) is 24.6 Å². The van der Waals surface area contributed by atoms with Gasteiger partial charge in [-0.15, -0.1) is 0 Å². The Morgan fingerprint density at radius 2 is 2.00 bits per heavy atom. The molecular weight excluding hydrogens is 376 g/mol. The molecule has 1 unspecified atom stereocenters. The molecule has 6 nitrogen and oxygen atoms in total. The van der Waals surface area contributed by atoms with Crippen molar-refractivity contribution in [1.29, 1.82) is 0 Å². The molecule has 2 aromatic carbocycles. The van der Waals surface area contributed by atoms with Crippen LogP contribution in [0, 0.1) is 5.92 Å². The smallest absolute Gasteiger partial charge is 0.292 e. The molecule has 0 radical (unpaired) electrons. The quantitative estimate of drug-likeness (QED) is 0.609. The number of para-hydroxylation sites is 1. The first-order valence-corrected chi connectivity index (χ1v) is 9.69. The molecule has 1 aliphatic heterocycles. The number of allylic oxidation sites excluding steroid dienone is 2. The Bertz CT molecular complexity index is 1010. The van der Waals surface area contributed by atoms with Gasteiger partial charge in [0.05, 0.1) is 23.6 Å². The second-order valence-electron chi connectivity index (χ2n) is 6.54. The molecule has 0 fully saturated rings. The van der Waals surface area contributed by atoms with Crippen LogP contribution in [0.1, 0.15) is 12.8 Å². The number of anilines is 2. The van der Waals surface area contributed by atoms with Gasteiger partial charge in [-0.2, -0.15) is 0 Å². The summed E-state index contributed by atoms with van der Waals surface area (Å²) in [4.78, 5) is 39.5. The number of amides is 1. The predicted molar refractivity (Wildman–Crippen MR) is 107 cm³/mol. The highest BCUT2D eigenvalue weighted by molar-refractivity contribution is 8.04. The van der Waals surface area contributed by atoms with Gasteiger partial charge in [0.1, 0.15) is 5.75 Å². The number of nitrogens with one attached hydrogen (secondary N) is 2. The molecule has 1 heterocycles. The Hall–Kier alpha value is -3.06. The number of hydrogen-bond donors (Lipinski definition) is 2. The lowest BCUT2D eigenvalue weighted by Gasteiger charge is -2.29. The molecule has 142 valence electrons. The van der Waals surface area contributed by atoms with E-state index in [-0.39, 0.29) is 5.78 Å². The van der Waals surface area contributed by atoms with E-state index in [0.717, 1.165) is 16.3 Å². The Morgan fingerprint density at radius 3 is 2.82 bits per heavy atom. The van der Waals surface area contributed by atoms with Crippen LogP contribution in [0.2, 0.25) is 0 Å². The van der Waals surface area contributed by atoms with Crippen molar-refractivity contribution in [3.8, 4) is 5.75 Å². The van der Waals surface area contributed by atoms with Crippen LogP contribution in [0.4, 0.5) is 11.4 Å². The number of methoxy groups -OCH3 is 1. The van der Waals surface area contributed by atoms with E-state index < -0.39 is 17.6 Å². The Kier molecular flexibility index (Phi) is 4.92. The molecule has 4 rings (SSSR count). The van der Waals surface area contributed by atoms with E-state index in [4.69, 9.17) is 4.74 Å². The van der Waals surface area contributed by atoms with E-state index in [1.807, 2.05) is 24.3 Å². The first-order chi connectivity index (χ1) is 13.6. The average molecular weight is 394 g/mol. The second kappa shape index (κ2) is 7.52. The highest BCUT2D eigenvalue weighted by Gasteiger charge is 2.39.